The summed E-state index contributed by atoms with van der Waals surface area (Å²) in [7, 11) is 1.77. The Morgan fingerprint density at radius 2 is 2.42 bits per heavy atom. The molecular formula is C7H16ClN3O. The number of amides is 1. The van der Waals surface area contributed by atoms with Crippen LogP contribution < -0.4 is 11.1 Å². The molecule has 1 aliphatic rings. The fourth-order valence-electron chi connectivity index (χ4n) is 1.28. The van der Waals surface area contributed by atoms with Crippen molar-refractivity contribution in [3.63, 3.8) is 0 Å². The van der Waals surface area contributed by atoms with Gasteiger partial charge in [-0.1, -0.05) is 0 Å². The molecule has 0 aromatic heterocycles. The number of nitrogens with two attached hydrogens (primary N) is 1. The molecule has 0 unspecified atom stereocenters. The second kappa shape index (κ2) is 5.35. The molecule has 0 saturated carbocycles. The van der Waals surface area contributed by atoms with Crippen LogP contribution in [0.25, 0.3) is 0 Å². The summed E-state index contributed by atoms with van der Waals surface area (Å²) in [6.45, 7) is 1.97. The van der Waals surface area contributed by atoms with E-state index < -0.39 is 0 Å². The molecule has 0 aromatic rings. The number of halogens is 1. The maximum Gasteiger partial charge on any atom is 0.236 e. The quantitative estimate of drug-likeness (QED) is 0.603. The van der Waals surface area contributed by atoms with Gasteiger partial charge in [-0.15, -0.1) is 12.4 Å². The molecule has 1 fully saturated rings. The molecule has 4 nitrogen and oxygen atoms in total. The van der Waals surface area contributed by atoms with Gasteiger partial charge >= 0.3 is 0 Å². The van der Waals surface area contributed by atoms with E-state index in [1.807, 2.05) is 0 Å². The smallest absolute Gasteiger partial charge is 0.236 e. The molecule has 0 bridgehead atoms. The summed E-state index contributed by atoms with van der Waals surface area (Å²) < 4.78 is 0. The molecule has 1 atom stereocenters. The number of rotatable bonds is 2. The second-order valence-corrected chi connectivity index (χ2v) is 2.92. The Hall–Kier alpha value is -0.320. The van der Waals surface area contributed by atoms with Crippen LogP contribution in [0.3, 0.4) is 0 Å². The first-order chi connectivity index (χ1) is 5.24. The SMILES string of the molecule is CNCC(=O)N1CC[C@@H](N)C1.Cl. The van der Waals surface area contributed by atoms with Crippen LogP contribution in [0.1, 0.15) is 6.42 Å². The molecule has 0 spiro atoms. The predicted molar refractivity (Wildman–Crippen MR) is 50.3 cm³/mol. The van der Waals surface area contributed by atoms with Gasteiger partial charge in [-0.05, 0) is 13.5 Å². The number of likely N-dealkylation sites (tertiary alicyclic amines) is 1. The van der Waals surface area contributed by atoms with Gasteiger partial charge in [0.25, 0.3) is 0 Å². The summed E-state index contributed by atoms with van der Waals surface area (Å²) in [5, 5.41) is 2.83. The second-order valence-electron chi connectivity index (χ2n) is 2.92. The average Bonchev–Trinajstić information content (AvgIpc) is 2.36. The normalized spacial score (nSPS) is 22.2. The van der Waals surface area contributed by atoms with Crippen LogP contribution in [0.5, 0.6) is 0 Å². The lowest BCUT2D eigenvalue weighted by Crippen LogP contribution is -2.37. The van der Waals surface area contributed by atoms with Crippen molar-refractivity contribution in [2.45, 2.75) is 12.5 Å². The number of carbonyl (C=O) groups excluding carboxylic acids is 1. The highest BCUT2D eigenvalue weighted by Gasteiger charge is 2.22. The fourth-order valence-corrected chi connectivity index (χ4v) is 1.28. The Kier molecular flexibility index (Phi) is 5.20. The van der Waals surface area contributed by atoms with Crippen LogP contribution in [0.15, 0.2) is 0 Å². The summed E-state index contributed by atoms with van der Waals surface area (Å²) in [6.07, 6.45) is 0.940. The first kappa shape index (κ1) is 11.7. The van der Waals surface area contributed by atoms with E-state index in [4.69, 9.17) is 5.73 Å². The van der Waals surface area contributed by atoms with E-state index >= 15 is 0 Å². The van der Waals surface area contributed by atoms with Crippen molar-refractivity contribution < 1.29 is 4.79 Å². The number of likely N-dealkylation sites (N-methyl/N-ethyl adjacent to an activating group) is 1. The Bertz CT molecular complexity index is 154. The number of hydrogen-bond donors (Lipinski definition) is 2. The van der Waals surface area contributed by atoms with E-state index in [-0.39, 0.29) is 24.4 Å². The van der Waals surface area contributed by atoms with Gasteiger partial charge in [-0.25, -0.2) is 0 Å². The number of carbonyl (C=O) groups is 1. The van der Waals surface area contributed by atoms with E-state index in [1.165, 1.54) is 0 Å². The van der Waals surface area contributed by atoms with E-state index in [0.29, 0.717) is 6.54 Å². The standard InChI is InChI=1S/C7H15N3O.ClH/c1-9-4-7(11)10-3-2-6(8)5-10;/h6,9H,2-5,8H2,1H3;1H/t6-;/m1./s1. The van der Waals surface area contributed by atoms with E-state index in [0.717, 1.165) is 19.5 Å². The van der Waals surface area contributed by atoms with Gasteiger partial charge < -0.3 is 16.0 Å². The van der Waals surface area contributed by atoms with Crippen molar-refractivity contribution in [2.75, 3.05) is 26.7 Å². The Balaban J connectivity index is 0.00000121. The van der Waals surface area contributed by atoms with E-state index in [9.17, 15) is 4.79 Å². The van der Waals surface area contributed by atoms with Gasteiger partial charge in [-0.3, -0.25) is 4.79 Å². The van der Waals surface area contributed by atoms with Crippen molar-refractivity contribution in [3.8, 4) is 0 Å². The molecule has 1 aliphatic heterocycles. The molecule has 1 heterocycles. The molecule has 1 rings (SSSR count). The third kappa shape index (κ3) is 2.97. The van der Waals surface area contributed by atoms with E-state index in [1.54, 1.807) is 11.9 Å². The lowest BCUT2D eigenvalue weighted by Gasteiger charge is -2.14. The van der Waals surface area contributed by atoms with Gasteiger partial charge in [0, 0.05) is 19.1 Å². The molecule has 5 heteroatoms. The fraction of sp³-hybridized carbons (Fsp3) is 0.857. The summed E-state index contributed by atoms with van der Waals surface area (Å²) in [4.78, 5) is 13.0. The number of hydrogen-bond acceptors (Lipinski definition) is 3. The molecule has 72 valence electrons. The Morgan fingerprint density at radius 1 is 1.75 bits per heavy atom. The monoisotopic (exact) mass is 193 g/mol. The molecule has 0 aromatic carbocycles. The van der Waals surface area contributed by atoms with Gasteiger partial charge in [0.15, 0.2) is 0 Å². The molecule has 0 aliphatic carbocycles. The predicted octanol–water partition coefficient (Wildman–Crippen LogP) is -0.813. The Morgan fingerprint density at radius 3 is 2.83 bits per heavy atom. The zero-order chi connectivity index (χ0) is 8.27. The minimum Gasteiger partial charge on any atom is -0.340 e. The summed E-state index contributed by atoms with van der Waals surface area (Å²) >= 11 is 0. The highest BCUT2D eigenvalue weighted by atomic mass is 35.5. The molecule has 3 N–H and O–H groups in total. The highest BCUT2D eigenvalue weighted by Crippen LogP contribution is 2.05. The minimum absolute atomic E-state index is 0. The lowest BCUT2D eigenvalue weighted by molar-refractivity contribution is -0.129. The third-order valence-electron chi connectivity index (χ3n) is 1.91. The van der Waals surface area contributed by atoms with Crippen LogP contribution in [0, 0.1) is 0 Å². The van der Waals surface area contributed by atoms with E-state index in [2.05, 4.69) is 5.32 Å². The number of nitrogens with one attached hydrogen (secondary N) is 1. The highest BCUT2D eigenvalue weighted by molar-refractivity contribution is 5.85. The van der Waals surface area contributed by atoms with Crippen LogP contribution in [0.2, 0.25) is 0 Å². The topological polar surface area (TPSA) is 58.4 Å². The molecule has 0 radical (unpaired) electrons. The maximum atomic E-state index is 11.2. The Labute approximate surface area is 78.9 Å². The van der Waals surface area contributed by atoms with Gasteiger partial charge in [0.1, 0.15) is 0 Å². The summed E-state index contributed by atoms with van der Waals surface area (Å²) in [6, 6.07) is 0.191. The van der Waals surface area contributed by atoms with Crippen molar-refractivity contribution in [1.82, 2.24) is 10.2 Å². The van der Waals surface area contributed by atoms with Crippen molar-refractivity contribution >= 4 is 18.3 Å². The minimum atomic E-state index is 0. The maximum absolute atomic E-state index is 11.2. The third-order valence-corrected chi connectivity index (χ3v) is 1.91. The molecule has 1 saturated heterocycles. The van der Waals surface area contributed by atoms with Crippen LogP contribution in [0.4, 0.5) is 0 Å². The molecule has 1 amide bonds. The zero-order valence-corrected chi connectivity index (χ0v) is 8.06. The summed E-state index contributed by atoms with van der Waals surface area (Å²) in [5.41, 5.74) is 5.64. The van der Waals surface area contributed by atoms with Crippen molar-refractivity contribution in [2.24, 2.45) is 5.73 Å². The van der Waals surface area contributed by atoms with Crippen LogP contribution >= 0.6 is 12.4 Å². The largest absolute Gasteiger partial charge is 0.340 e. The summed E-state index contributed by atoms with van der Waals surface area (Å²) in [5.74, 6) is 0.153. The zero-order valence-electron chi connectivity index (χ0n) is 7.25. The van der Waals surface area contributed by atoms with Gasteiger partial charge in [0.2, 0.25) is 5.91 Å². The first-order valence-corrected chi connectivity index (χ1v) is 3.92. The number of nitrogens with zero attached hydrogens (tertiary/aromatic N) is 1. The van der Waals surface area contributed by atoms with Crippen LogP contribution in [-0.4, -0.2) is 43.5 Å². The van der Waals surface area contributed by atoms with Gasteiger partial charge in [-0.2, -0.15) is 0 Å². The van der Waals surface area contributed by atoms with Crippen molar-refractivity contribution in [3.05, 3.63) is 0 Å². The van der Waals surface area contributed by atoms with Crippen molar-refractivity contribution in [1.29, 1.82) is 0 Å². The van der Waals surface area contributed by atoms with Crippen LogP contribution in [-0.2, 0) is 4.79 Å². The lowest BCUT2D eigenvalue weighted by atomic mass is 10.3. The average molecular weight is 194 g/mol. The molecule has 12 heavy (non-hydrogen) atoms. The van der Waals surface area contributed by atoms with Gasteiger partial charge in [0.05, 0.1) is 6.54 Å². The molecular weight excluding hydrogens is 178 g/mol. The first-order valence-electron chi connectivity index (χ1n) is 3.92.